The quantitative estimate of drug-likeness (QED) is 0.688. The van der Waals surface area contributed by atoms with Gasteiger partial charge in [-0.2, -0.15) is 0 Å². The van der Waals surface area contributed by atoms with Crippen LogP contribution in [-0.4, -0.2) is 15.0 Å². The second kappa shape index (κ2) is 3.70. The zero-order chi connectivity index (χ0) is 11.8. The van der Waals surface area contributed by atoms with Crippen LogP contribution in [0, 0.1) is 13.8 Å². The van der Waals surface area contributed by atoms with E-state index in [1.54, 1.807) is 0 Å². The van der Waals surface area contributed by atoms with E-state index in [9.17, 15) is 0 Å². The first kappa shape index (κ1) is 10.0. The molecule has 0 unspecified atom stereocenters. The zero-order valence-corrected chi connectivity index (χ0v) is 9.86. The van der Waals surface area contributed by atoms with Gasteiger partial charge in [0.2, 0.25) is 0 Å². The van der Waals surface area contributed by atoms with Gasteiger partial charge in [-0.15, -0.1) is 0 Å². The largest absolute Gasteiger partial charge is 0.345 e. The van der Waals surface area contributed by atoms with E-state index in [0.717, 1.165) is 28.1 Å². The summed E-state index contributed by atoms with van der Waals surface area (Å²) in [5.74, 6) is 0.802. The van der Waals surface area contributed by atoms with Gasteiger partial charge in [-0.25, -0.2) is 9.97 Å². The highest BCUT2D eigenvalue weighted by Gasteiger charge is 2.10. The van der Waals surface area contributed by atoms with Gasteiger partial charge in [-0.05, 0) is 19.4 Å². The molecule has 2 aromatic heterocycles. The van der Waals surface area contributed by atoms with Gasteiger partial charge < -0.3 is 4.98 Å². The van der Waals surface area contributed by atoms with Crippen molar-refractivity contribution in [2.75, 3.05) is 0 Å². The Hall–Kier alpha value is -2.16. The number of nitrogens with one attached hydrogen (secondary N) is 1. The van der Waals surface area contributed by atoms with E-state index in [4.69, 9.17) is 0 Å². The molecule has 3 aromatic rings. The smallest absolute Gasteiger partial charge is 0.141 e. The number of benzene rings is 1. The number of fused-ring (bicyclic) bond motifs is 1. The molecule has 0 bridgehead atoms. The van der Waals surface area contributed by atoms with E-state index in [0.29, 0.717) is 0 Å². The number of rotatable bonds is 1. The van der Waals surface area contributed by atoms with E-state index in [1.165, 1.54) is 5.56 Å². The number of nitrogens with zero attached hydrogens (tertiary/aromatic N) is 2. The van der Waals surface area contributed by atoms with Crippen LogP contribution in [0.25, 0.3) is 22.2 Å². The molecule has 0 spiro atoms. The number of H-pyrrole nitrogens is 1. The Balaban J connectivity index is 2.32. The van der Waals surface area contributed by atoms with Crippen LogP contribution in [0.2, 0.25) is 0 Å². The summed E-state index contributed by atoms with van der Waals surface area (Å²) < 4.78 is 0. The maximum absolute atomic E-state index is 4.43. The van der Waals surface area contributed by atoms with Gasteiger partial charge in [0, 0.05) is 17.1 Å². The second-order valence-electron chi connectivity index (χ2n) is 4.15. The van der Waals surface area contributed by atoms with E-state index in [-0.39, 0.29) is 0 Å². The molecule has 1 N–H and O–H groups in total. The van der Waals surface area contributed by atoms with Crippen molar-refractivity contribution >= 4 is 11.0 Å². The fraction of sp³-hybridized carbons (Fsp3) is 0.143. The first-order valence-electron chi connectivity index (χ1n) is 5.63. The summed E-state index contributed by atoms with van der Waals surface area (Å²) in [4.78, 5) is 12.1. The Morgan fingerprint density at radius 3 is 2.53 bits per heavy atom. The lowest BCUT2D eigenvalue weighted by atomic mass is 10.1. The Kier molecular flexibility index (Phi) is 2.18. The van der Waals surface area contributed by atoms with Crippen LogP contribution >= 0.6 is 0 Å². The van der Waals surface area contributed by atoms with Crippen LogP contribution < -0.4 is 0 Å². The molecule has 0 radical (unpaired) electrons. The standard InChI is InChI=1S/C14H13N3/c1-9-13-12(11-6-4-3-5-7-11)8-15-14(13)17-10(2)16-9/h3-8H,1-2H3,(H,15,16,17). The molecular weight excluding hydrogens is 210 g/mol. The maximum atomic E-state index is 4.43. The van der Waals surface area contributed by atoms with Crippen molar-refractivity contribution in [3.05, 3.63) is 48.0 Å². The van der Waals surface area contributed by atoms with E-state index < -0.39 is 0 Å². The van der Waals surface area contributed by atoms with Gasteiger partial charge in [0.25, 0.3) is 0 Å². The number of aromatic nitrogens is 3. The molecule has 17 heavy (non-hydrogen) atoms. The molecule has 0 fully saturated rings. The van der Waals surface area contributed by atoms with E-state index >= 15 is 0 Å². The van der Waals surface area contributed by atoms with Gasteiger partial charge in [0.05, 0.1) is 5.69 Å². The normalized spacial score (nSPS) is 10.9. The minimum absolute atomic E-state index is 0.802. The Bertz CT molecular complexity index is 669. The number of aryl methyl sites for hydroxylation is 2. The van der Waals surface area contributed by atoms with Crippen molar-refractivity contribution in [2.45, 2.75) is 13.8 Å². The molecule has 3 heteroatoms. The van der Waals surface area contributed by atoms with Crippen LogP contribution in [0.5, 0.6) is 0 Å². The van der Waals surface area contributed by atoms with Crippen LogP contribution in [-0.2, 0) is 0 Å². The van der Waals surface area contributed by atoms with Crippen molar-refractivity contribution in [2.24, 2.45) is 0 Å². The zero-order valence-electron chi connectivity index (χ0n) is 9.86. The predicted octanol–water partition coefficient (Wildman–Crippen LogP) is 3.24. The Morgan fingerprint density at radius 1 is 1.00 bits per heavy atom. The van der Waals surface area contributed by atoms with Crippen molar-refractivity contribution in [1.29, 1.82) is 0 Å². The van der Waals surface area contributed by atoms with Crippen molar-refractivity contribution in [1.82, 2.24) is 15.0 Å². The minimum Gasteiger partial charge on any atom is -0.345 e. The lowest BCUT2D eigenvalue weighted by molar-refractivity contribution is 1.04. The predicted molar refractivity (Wildman–Crippen MR) is 68.8 cm³/mol. The topological polar surface area (TPSA) is 41.6 Å². The Labute approximate surface area is 99.5 Å². The van der Waals surface area contributed by atoms with Crippen molar-refractivity contribution < 1.29 is 0 Å². The molecule has 3 rings (SSSR count). The summed E-state index contributed by atoms with van der Waals surface area (Å²) in [5, 5.41) is 1.11. The molecule has 0 amide bonds. The third-order valence-electron chi connectivity index (χ3n) is 2.91. The van der Waals surface area contributed by atoms with Crippen molar-refractivity contribution in [3.8, 4) is 11.1 Å². The average molecular weight is 223 g/mol. The van der Waals surface area contributed by atoms with Gasteiger partial charge >= 0.3 is 0 Å². The Morgan fingerprint density at radius 2 is 1.76 bits per heavy atom. The van der Waals surface area contributed by atoms with Gasteiger partial charge in [0.1, 0.15) is 11.5 Å². The number of hydrogen-bond acceptors (Lipinski definition) is 2. The van der Waals surface area contributed by atoms with Crippen LogP contribution in [0.4, 0.5) is 0 Å². The molecule has 0 aliphatic rings. The molecule has 3 nitrogen and oxygen atoms in total. The summed E-state index contributed by atoms with van der Waals surface area (Å²) in [6, 6.07) is 10.3. The molecule has 0 aliphatic heterocycles. The molecule has 0 atom stereocenters. The van der Waals surface area contributed by atoms with Crippen LogP contribution in [0.15, 0.2) is 36.5 Å². The number of aromatic amines is 1. The molecule has 84 valence electrons. The minimum atomic E-state index is 0.802. The lowest BCUT2D eigenvalue weighted by Gasteiger charge is -2.02. The fourth-order valence-corrected chi connectivity index (χ4v) is 2.20. The highest BCUT2D eigenvalue weighted by molar-refractivity contribution is 5.95. The summed E-state index contributed by atoms with van der Waals surface area (Å²) >= 11 is 0. The first-order chi connectivity index (χ1) is 8.25. The average Bonchev–Trinajstić information content (AvgIpc) is 2.74. The molecule has 0 aliphatic carbocycles. The summed E-state index contributed by atoms with van der Waals surface area (Å²) in [6.07, 6.45) is 2.00. The monoisotopic (exact) mass is 223 g/mol. The highest BCUT2D eigenvalue weighted by Crippen LogP contribution is 2.29. The lowest BCUT2D eigenvalue weighted by Crippen LogP contribution is -1.92. The molecular formula is C14H13N3. The molecule has 0 saturated heterocycles. The highest BCUT2D eigenvalue weighted by atomic mass is 14.9. The third kappa shape index (κ3) is 1.60. The summed E-state index contributed by atoms with van der Waals surface area (Å²) in [6.45, 7) is 3.94. The molecule has 2 heterocycles. The fourth-order valence-electron chi connectivity index (χ4n) is 2.20. The third-order valence-corrected chi connectivity index (χ3v) is 2.91. The molecule has 1 aromatic carbocycles. The SMILES string of the molecule is Cc1nc(C)c2c(-c3ccccc3)c[nH]c2n1. The number of hydrogen-bond donors (Lipinski definition) is 1. The van der Waals surface area contributed by atoms with Gasteiger partial charge in [-0.3, -0.25) is 0 Å². The second-order valence-corrected chi connectivity index (χ2v) is 4.15. The summed E-state index contributed by atoms with van der Waals surface area (Å²) in [7, 11) is 0. The van der Waals surface area contributed by atoms with Gasteiger partial charge in [-0.1, -0.05) is 30.3 Å². The van der Waals surface area contributed by atoms with Crippen molar-refractivity contribution in [3.63, 3.8) is 0 Å². The summed E-state index contributed by atoms with van der Waals surface area (Å²) in [5.41, 5.74) is 4.29. The van der Waals surface area contributed by atoms with E-state index in [2.05, 4.69) is 27.1 Å². The maximum Gasteiger partial charge on any atom is 0.141 e. The van der Waals surface area contributed by atoms with Crippen LogP contribution in [0.1, 0.15) is 11.5 Å². The molecule has 0 saturated carbocycles. The first-order valence-corrected chi connectivity index (χ1v) is 5.63. The van der Waals surface area contributed by atoms with E-state index in [1.807, 2.05) is 38.2 Å². The van der Waals surface area contributed by atoms with Gasteiger partial charge in [0.15, 0.2) is 0 Å². The van der Waals surface area contributed by atoms with Crippen LogP contribution in [0.3, 0.4) is 0 Å².